The number of nitrogens with zero attached hydrogens (tertiary/aromatic N) is 1. The summed E-state index contributed by atoms with van der Waals surface area (Å²) in [5.41, 5.74) is 6.03. The summed E-state index contributed by atoms with van der Waals surface area (Å²) in [6.45, 7) is 25.6. The summed E-state index contributed by atoms with van der Waals surface area (Å²) >= 11 is 0. The second kappa shape index (κ2) is 30.2. The molecule has 1 unspecified atom stereocenters. The highest BCUT2D eigenvalue weighted by molar-refractivity contribution is 5.94. The number of morpholine rings is 1. The van der Waals surface area contributed by atoms with E-state index < -0.39 is 0 Å². The van der Waals surface area contributed by atoms with Crippen molar-refractivity contribution < 1.29 is 19.1 Å². The Kier molecular flexibility index (Phi) is 29.5. The second-order valence-electron chi connectivity index (χ2n) is 11.5. The van der Waals surface area contributed by atoms with Crippen LogP contribution in [0.2, 0.25) is 0 Å². The van der Waals surface area contributed by atoms with E-state index in [4.69, 9.17) is 9.53 Å². The molecule has 0 aromatic heterocycles. The third-order valence-corrected chi connectivity index (χ3v) is 7.32. The maximum absolute atomic E-state index is 12.5. The molecular weight excluding hydrogens is 582 g/mol. The third-order valence-electron chi connectivity index (χ3n) is 7.32. The number of aryl methyl sites for hydroxylation is 1. The fourth-order valence-corrected chi connectivity index (χ4v) is 4.47. The SMILES string of the molecule is CC.CC.CC(=O)CN1CCOCC1.CC=O.CCC1CC1.CCc1ccc(C(/C=C\C(=O)C(C)Cc2ccccc2)=C(C)C)cc1. The largest absolute Gasteiger partial charge is 0.379 e. The quantitative estimate of drug-likeness (QED) is 0.146. The molecule has 1 saturated carbocycles. The van der Waals surface area contributed by atoms with Crippen molar-refractivity contribution in [3.63, 3.8) is 0 Å². The van der Waals surface area contributed by atoms with E-state index in [2.05, 4.69) is 69.0 Å². The van der Waals surface area contributed by atoms with Crippen LogP contribution in [0, 0.1) is 11.8 Å². The molecule has 1 aliphatic heterocycles. The molecule has 5 heteroatoms. The molecule has 0 N–H and O–H groups in total. The molecule has 1 heterocycles. The van der Waals surface area contributed by atoms with Crippen LogP contribution < -0.4 is 0 Å². The first kappa shape index (κ1) is 46.0. The van der Waals surface area contributed by atoms with Gasteiger partial charge in [0.25, 0.3) is 0 Å². The zero-order chi connectivity index (χ0) is 36.0. The smallest absolute Gasteiger partial charge is 0.158 e. The van der Waals surface area contributed by atoms with E-state index in [1.807, 2.05) is 58.9 Å². The molecular formula is C42H67NO4. The first-order chi connectivity index (χ1) is 22.6. The average molecular weight is 650 g/mol. The van der Waals surface area contributed by atoms with Gasteiger partial charge in [0, 0.05) is 19.0 Å². The molecule has 1 atom stereocenters. The van der Waals surface area contributed by atoms with Crippen LogP contribution in [0.15, 0.2) is 72.3 Å². The second-order valence-corrected chi connectivity index (χ2v) is 11.5. The number of allylic oxidation sites excluding steroid dienone is 4. The lowest BCUT2D eigenvalue weighted by atomic mass is 9.94. The molecule has 2 fully saturated rings. The van der Waals surface area contributed by atoms with Crippen LogP contribution in [0.5, 0.6) is 0 Å². The Morgan fingerprint density at radius 3 is 1.79 bits per heavy atom. The predicted molar refractivity (Wildman–Crippen MR) is 203 cm³/mol. The molecule has 0 spiro atoms. The predicted octanol–water partition coefficient (Wildman–Crippen LogP) is 10.0. The van der Waals surface area contributed by atoms with E-state index in [9.17, 15) is 9.59 Å². The van der Waals surface area contributed by atoms with Crippen LogP contribution >= 0.6 is 0 Å². The van der Waals surface area contributed by atoms with Crippen molar-refractivity contribution in [1.29, 1.82) is 0 Å². The number of carbonyl (C=O) groups is 3. The summed E-state index contributed by atoms with van der Waals surface area (Å²) in [6.07, 6.45) is 10.7. The molecule has 0 amide bonds. The van der Waals surface area contributed by atoms with Gasteiger partial charge in [-0.1, -0.05) is 134 Å². The van der Waals surface area contributed by atoms with E-state index in [1.54, 1.807) is 13.0 Å². The highest BCUT2D eigenvalue weighted by atomic mass is 16.5. The summed E-state index contributed by atoms with van der Waals surface area (Å²) in [4.78, 5) is 34.0. The zero-order valence-corrected chi connectivity index (χ0v) is 31.7. The summed E-state index contributed by atoms with van der Waals surface area (Å²) in [5, 5.41) is 0. The Labute approximate surface area is 288 Å². The first-order valence-electron chi connectivity index (χ1n) is 17.9. The molecule has 0 bridgehead atoms. The Morgan fingerprint density at radius 2 is 1.38 bits per heavy atom. The monoisotopic (exact) mass is 650 g/mol. The van der Waals surface area contributed by atoms with Crippen molar-refractivity contribution in [1.82, 2.24) is 4.90 Å². The van der Waals surface area contributed by atoms with E-state index in [0.29, 0.717) is 6.54 Å². The van der Waals surface area contributed by atoms with Crippen molar-refractivity contribution in [2.24, 2.45) is 11.8 Å². The van der Waals surface area contributed by atoms with Gasteiger partial charge >= 0.3 is 0 Å². The molecule has 0 radical (unpaired) electrons. The minimum atomic E-state index is -0.0143. The molecule has 2 aliphatic rings. The van der Waals surface area contributed by atoms with Gasteiger partial charge in [0.1, 0.15) is 12.1 Å². The number of carbonyl (C=O) groups excluding carboxylic acids is 3. The van der Waals surface area contributed by atoms with Gasteiger partial charge < -0.3 is 9.53 Å². The third kappa shape index (κ3) is 23.8. The van der Waals surface area contributed by atoms with Gasteiger partial charge in [0.15, 0.2) is 5.78 Å². The first-order valence-corrected chi connectivity index (χ1v) is 17.9. The van der Waals surface area contributed by atoms with Crippen molar-refractivity contribution in [2.75, 3.05) is 32.8 Å². The number of ether oxygens (including phenoxy) is 1. The van der Waals surface area contributed by atoms with Gasteiger partial charge in [-0.25, -0.2) is 0 Å². The lowest BCUT2D eigenvalue weighted by Crippen LogP contribution is -2.38. The molecule has 2 aromatic carbocycles. The van der Waals surface area contributed by atoms with Crippen LogP contribution in [0.4, 0.5) is 0 Å². The molecule has 5 nitrogen and oxygen atoms in total. The van der Waals surface area contributed by atoms with Crippen molar-refractivity contribution in [2.45, 2.75) is 108 Å². The van der Waals surface area contributed by atoms with E-state index in [-0.39, 0.29) is 17.5 Å². The van der Waals surface area contributed by atoms with Crippen molar-refractivity contribution in [3.8, 4) is 0 Å². The van der Waals surface area contributed by atoms with Gasteiger partial charge in [-0.05, 0) is 74.8 Å². The minimum Gasteiger partial charge on any atom is -0.379 e. The maximum Gasteiger partial charge on any atom is 0.158 e. The number of hydrogen-bond acceptors (Lipinski definition) is 5. The van der Waals surface area contributed by atoms with Crippen LogP contribution in [0.3, 0.4) is 0 Å². The number of Topliss-reactive ketones (excluding diaryl/α,β-unsaturated/α-hetero) is 1. The topological polar surface area (TPSA) is 63.7 Å². The summed E-state index contributed by atoms with van der Waals surface area (Å²) in [5.74, 6) is 1.53. The Bertz CT molecular complexity index is 1120. The molecule has 47 heavy (non-hydrogen) atoms. The summed E-state index contributed by atoms with van der Waals surface area (Å²) in [7, 11) is 0. The van der Waals surface area contributed by atoms with Gasteiger partial charge in [-0.2, -0.15) is 0 Å². The average Bonchev–Trinajstić information content (AvgIpc) is 3.94. The van der Waals surface area contributed by atoms with Crippen molar-refractivity contribution >= 4 is 23.4 Å². The Balaban J connectivity index is 0. The van der Waals surface area contributed by atoms with Crippen LogP contribution in [-0.2, 0) is 32.0 Å². The highest BCUT2D eigenvalue weighted by Crippen LogP contribution is 2.31. The molecule has 1 saturated heterocycles. The van der Waals surface area contributed by atoms with E-state index in [1.165, 1.54) is 42.9 Å². The van der Waals surface area contributed by atoms with Crippen LogP contribution in [-0.4, -0.2) is 55.6 Å². The molecule has 264 valence electrons. The molecule has 2 aromatic rings. The van der Waals surface area contributed by atoms with Crippen molar-refractivity contribution in [3.05, 3.63) is 89.0 Å². The fourth-order valence-electron chi connectivity index (χ4n) is 4.47. The number of rotatable bonds is 10. The van der Waals surface area contributed by atoms with E-state index >= 15 is 0 Å². The van der Waals surface area contributed by atoms with Gasteiger partial charge in [0.05, 0.1) is 19.8 Å². The van der Waals surface area contributed by atoms with E-state index in [0.717, 1.165) is 62.5 Å². The lowest BCUT2D eigenvalue weighted by Gasteiger charge is -2.25. The lowest BCUT2D eigenvalue weighted by molar-refractivity contribution is -0.119. The van der Waals surface area contributed by atoms with Gasteiger partial charge in [-0.3, -0.25) is 14.5 Å². The number of ketones is 2. The summed E-state index contributed by atoms with van der Waals surface area (Å²) < 4.78 is 5.13. The number of benzene rings is 2. The van der Waals surface area contributed by atoms with Crippen LogP contribution in [0.1, 0.15) is 112 Å². The number of hydrogen-bond donors (Lipinski definition) is 0. The standard InChI is InChI=1S/C24H28O.C7H13NO2.C5H10.C2H4O.2C2H6/c1-5-20-11-13-22(14-12-20)23(18(2)3)15-16-24(25)19(4)17-21-9-7-6-8-10-21;1-7(9)6-8-2-4-10-5-3-8;1-2-5-3-4-5;1-2-3;2*1-2/h6-16,19H,5,17H2,1-4H3;2-6H2,1H3;5H,2-4H2,1H3;2H,1H3;2*1-2H3/b16-15-;;;;;. The highest BCUT2D eigenvalue weighted by Gasteiger charge is 2.17. The van der Waals surface area contributed by atoms with Gasteiger partial charge in [-0.15, -0.1) is 0 Å². The van der Waals surface area contributed by atoms with Crippen LogP contribution in [0.25, 0.3) is 5.57 Å². The van der Waals surface area contributed by atoms with Gasteiger partial charge in [0.2, 0.25) is 0 Å². The number of aldehydes is 1. The minimum absolute atomic E-state index is 0.0143. The Hall–Kier alpha value is -3.15. The fraction of sp³-hybridized carbons (Fsp3) is 0.548. The molecule has 4 rings (SSSR count). The summed E-state index contributed by atoms with van der Waals surface area (Å²) in [6, 6.07) is 18.8. The maximum atomic E-state index is 12.5. The molecule has 1 aliphatic carbocycles. The zero-order valence-electron chi connectivity index (χ0n) is 31.7. The Morgan fingerprint density at radius 1 is 0.851 bits per heavy atom. The normalized spacial score (nSPS) is 13.9.